The second-order valence-corrected chi connectivity index (χ2v) is 4.65. The largest absolute Gasteiger partial charge is 0.490 e. The van der Waals surface area contributed by atoms with Crippen LogP contribution in [0.2, 0.25) is 5.02 Å². The standard InChI is InChI=1S/C12H16ClNO/c13-9-1-5-11(6-2-9)15-12-7-3-10(14)4-8-12/h1-2,5-6,10,12H,3-4,7-8,14H2/p+1. The first-order valence-electron chi connectivity index (χ1n) is 5.49. The zero-order valence-electron chi connectivity index (χ0n) is 8.79. The highest BCUT2D eigenvalue weighted by Crippen LogP contribution is 2.23. The Hall–Kier alpha value is -0.730. The van der Waals surface area contributed by atoms with Gasteiger partial charge in [-0.15, -0.1) is 0 Å². The predicted octanol–water partition coefficient (Wildman–Crippen LogP) is 2.27. The lowest BCUT2D eigenvalue weighted by Crippen LogP contribution is -2.62. The summed E-state index contributed by atoms with van der Waals surface area (Å²) in [5.41, 5.74) is 4.08. The maximum absolute atomic E-state index is 5.87. The van der Waals surface area contributed by atoms with Crippen LogP contribution in [0.25, 0.3) is 0 Å². The molecule has 1 aliphatic carbocycles. The number of halogens is 1. The highest BCUT2D eigenvalue weighted by atomic mass is 35.5. The van der Waals surface area contributed by atoms with Crippen molar-refractivity contribution in [2.24, 2.45) is 0 Å². The molecule has 1 aliphatic rings. The molecule has 1 fully saturated rings. The molecule has 3 N–H and O–H groups in total. The fourth-order valence-electron chi connectivity index (χ4n) is 1.96. The van der Waals surface area contributed by atoms with Gasteiger partial charge in [0.2, 0.25) is 0 Å². The van der Waals surface area contributed by atoms with Crippen LogP contribution in [0.1, 0.15) is 25.7 Å². The van der Waals surface area contributed by atoms with Crippen molar-refractivity contribution in [2.45, 2.75) is 37.8 Å². The Morgan fingerprint density at radius 3 is 2.27 bits per heavy atom. The number of hydrogen-bond donors (Lipinski definition) is 1. The van der Waals surface area contributed by atoms with E-state index in [0.29, 0.717) is 12.1 Å². The molecular formula is C12H17ClNO+. The van der Waals surface area contributed by atoms with Crippen LogP contribution in [0.3, 0.4) is 0 Å². The first kappa shape index (κ1) is 10.8. The van der Waals surface area contributed by atoms with E-state index in [1.807, 2.05) is 24.3 Å². The fourth-order valence-corrected chi connectivity index (χ4v) is 2.08. The van der Waals surface area contributed by atoms with E-state index in [1.165, 1.54) is 12.8 Å². The van der Waals surface area contributed by atoms with Gasteiger partial charge in [0.05, 0.1) is 12.1 Å². The van der Waals surface area contributed by atoms with E-state index < -0.39 is 0 Å². The molecular weight excluding hydrogens is 210 g/mol. The minimum absolute atomic E-state index is 0.365. The van der Waals surface area contributed by atoms with Crippen LogP contribution in [-0.2, 0) is 0 Å². The van der Waals surface area contributed by atoms with Gasteiger partial charge >= 0.3 is 0 Å². The molecule has 2 rings (SSSR count). The highest BCUT2D eigenvalue weighted by Gasteiger charge is 2.21. The molecule has 82 valence electrons. The Labute approximate surface area is 95.4 Å². The van der Waals surface area contributed by atoms with Gasteiger partial charge in [-0.05, 0) is 37.1 Å². The molecule has 0 aromatic heterocycles. The maximum Gasteiger partial charge on any atom is 0.119 e. The second-order valence-electron chi connectivity index (χ2n) is 4.21. The van der Waals surface area contributed by atoms with Crippen molar-refractivity contribution in [1.82, 2.24) is 0 Å². The van der Waals surface area contributed by atoms with Crippen molar-refractivity contribution < 1.29 is 10.5 Å². The first-order valence-corrected chi connectivity index (χ1v) is 5.87. The number of quaternary nitrogens is 1. The van der Waals surface area contributed by atoms with Gasteiger partial charge in [-0.3, -0.25) is 0 Å². The maximum atomic E-state index is 5.87. The molecule has 1 saturated carbocycles. The molecule has 0 spiro atoms. The van der Waals surface area contributed by atoms with Crippen molar-refractivity contribution in [3.63, 3.8) is 0 Å². The monoisotopic (exact) mass is 226 g/mol. The van der Waals surface area contributed by atoms with Crippen molar-refractivity contribution >= 4 is 11.6 Å². The normalized spacial score (nSPS) is 26.3. The van der Waals surface area contributed by atoms with Gasteiger partial charge in [0.15, 0.2) is 0 Å². The molecule has 0 saturated heterocycles. The van der Waals surface area contributed by atoms with Crippen LogP contribution in [0.15, 0.2) is 24.3 Å². The van der Waals surface area contributed by atoms with Gasteiger partial charge in [-0.2, -0.15) is 0 Å². The summed E-state index contributed by atoms with van der Waals surface area (Å²) in [6.45, 7) is 0. The van der Waals surface area contributed by atoms with Gasteiger partial charge in [0, 0.05) is 17.9 Å². The second kappa shape index (κ2) is 4.86. The van der Waals surface area contributed by atoms with E-state index in [9.17, 15) is 0 Å². The lowest BCUT2D eigenvalue weighted by atomic mass is 9.94. The van der Waals surface area contributed by atoms with E-state index in [4.69, 9.17) is 16.3 Å². The van der Waals surface area contributed by atoms with Crippen LogP contribution in [-0.4, -0.2) is 12.1 Å². The summed E-state index contributed by atoms with van der Waals surface area (Å²) in [6, 6.07) is 8.21. The lowest BCUT2D eigenvalue weighted by molar-refractivity contribution is -0.426. The van der Waals surface area contributed by atoms with E-state index >= 15 is 0 Å². The van der Waals surface area contributed by atoms with Crippen LogP contribution in [0, 0.1) is 0 Å². The van der Waals surface area contributed by atoms with Gasteiger partial charge in [0.25, 0.3) is 0 Å². The molecule has 0 unspecified atom stereocenters. The van der Waals surface area contributed by atoms with E-state index in [1.54, 1.807) is 0 Å². The minimum Gasteiger partial charge on any atom is -0.490 e. The smallest absolute Gasteiger partial charge is 0.119 e. The SMILES string of the molecule is [NH3+]C1CCC(Oc2ccc(Cl)cc2)CC1. The van der Waals surface area contributed by atoms with Crippen molar-refractivity contribution in [3.8, 4) is 5.75 Å². The zero-order chi connectivity index (χ0) is 10.7. The Morgan fingerprint density at radius 1 is 1.07 bits per heavy atom. The van der Waals surface area contributed by atoms with Crippen molar-refractivity contribution in [2.75, 3.05) is 0 Å². The predicted molar refractivity (Wildman–Crippen MR) is 61.0 cm³/mol. The Kier molecular flexibility index (Phi) is 3.49. The van der Waals surface area contributed by atoms with E-state index in [2.05, 4.69) is 5.73 Å². The first-order chi connectivity index (χ1) is 7.24. The fraction of sp³-hybridized carbons (Fsp3) is 0.500. The summed E-state index contributed by atoms with van der Waals surface area (Å²) in [4.78, 5) is 0. The molecule has 2 nitrogen and oxygen atoms in total. The number of hydrogen-bond acceptors (Lipinski definition) is 1. The molecule has 0 amide bonds. The number of benzene rings is 1. The summed E-state index contributed by atoms with van der Waals surface area (Å²) >= 11 is 5.81. The molecule has 0 atom stereocenters. The van der Waals surface area contributed by atoms with Crippen LogP contribution >= 0.6 is 11.6 Å². The number of ether oxygens (including phenoxy) is 1. The number of rotatable bonds is 2. The van der Waals surface area contributed by atoms with Gasteiger partial charge in [-0.1, -0.05) is 11.6 Å². The summed E-state index contributed by atoms with van der Waals surface area (Å²) in [5, 5.41) is 0.754. The van der Waals surface area contributed by atoms with Crippen molar-refractivity contribution in [3.05, 3.63) is 29.3 Å². The topological polar surface area (TPSA) is 36.9 Å². The molecule has 0 heterocycles. The summed E-state index contributed by atoms with van der Waals surface area (Å²) in [7, 11) is 0. The molecule has 1 aromatic rings. The molecule has 0 radical (unpaired) electrons. The highest BCUT2D eigenvalue weighted by molar-refractivity contribution is 6.30. The third kappa shape index (κ3) is 3.11. The zero-order valence-corrected chi connectivity index (χ0v) is 9.54. The Morgan fingerprint density at radius 2 is 1.67 bits per heavy atom. The molecule has 0 bridgehead atoms. The van der Waals surface area contributed by atoms with E-state index in [-0.39, 0.29) is 0 Å². The van der Waals surface area contributed by atoms with Crippen molar-refractivity contribution in [1.29, 1.82) is 0 Å². The minimum atomic E-state index is 0.365. The average Bonchev–Trinajstić information content (AvgIpc) is 2.25. The van der Waals surface area contributed by atoms with E-state index in [0.717, 1.165) is 23.6 Å². The quantitative estimate of drug-likeness (QED) is 0.826. The Balaban J connectivity index is 1.89. The summed E-state index contributed by atoms with van der Waals surface area (Å²) in [5.74, 6) is 0.923. The average molecular weight is 227 g/mol. The summed E-state index contributed by atoms with van der Waals surface area (Å²) in [6.07, 6.45) is 4.97. The van der Waals surface area contributed by atoms with Gasteiger partial charge in [0.1, 0.15) is 5.75 Å². The Bertz CT molecular complexity index is 304. The van der Waals surface area contributed by atoms with Crippen LogP contribution in [0.4, 0.5) is 0 Å². The van der Waals surface area contributed by atoms with Crippen LogP contribution < -0.4 is 10.5 Å². The lowest BCUT2D eigenvalue weighted by Gasteiger charge is -2.25. The molecule has 15 heavy (non-hydrogen) atoms. The molecule has 0 aliphatic heterocycles. The third-order valence-corrected chi connectivity index (χ3v) is 3.16. The summed E-state index contributed by atoms with van der Waals surface area (Å²) < 4.78 is 5.87. The van der Waals surface area contributed by atoms with Gasteiger partial charge < -0.3 is 10.5 Å². The molecule has 3 heteroatoms. The van der Waals surface area contributed by atoms with Crippen LogP contribution in [0.5, 0.6) is 5.75 Å². The van der Waals surface area contributed by atoms with Gasteiger partial charge in [-0.25, -0.2) is 0 Å². The molecule has 1 aromatic carbocycles. The third-order valence-electron chi connectivity index (χ3n) is 2.91.